The summed E-state index contributed by atoms with van der Waals surface area (Å²) in [5, 5.41) is 16.6. The van der Waals surface area contributed by atoms with Crippen molar-refractivity contribution in [3.05, 3.63) is 192 Å². The van der Waals surface area contributed by atoms with Gasteiger partial charge in [-0.25, -0.2) is 0 Å². The first-order valence-corrected chi connectivity index (χ1v) is 16.3. The maximum absolute atomic E-state index is 3.95. The lowest BCUT2D eigenvalue weighted by Crippen LogP contribution is -2.39. The second-order valence-corrected chi connectivity index (χ2v) is 12.3. The largest absolute Gasteiger partial charge is 0.366 e. The Morgan fingerprint density at radius 3 is 1.89 bits per heavy atom. The molecule has 0 aromatic heterocycles. The summed E-state index contributed by atoms with van der Waals surface area (Å²) in [6.07, 6.45) is 2.23. The van der Waals surface area contributed by atoms with Crippen molar-refractivity contribution in [2.24, 2.45) is 0 Å². The summed E-state index contributed by atoms with van der Waals surface area (Å²) < 4.78 is 0. The predicted octanol–water partition coefficient (Wildman–Crippen LogP) is 10.2. The van der Waals surface area contributed by atoms with E-state index in [2.05, 4.69) is 191 Å². The second kappa shape index (κ2) is 11.5. The Morgan fingerprint density at radius 2 is 1.15 bits per heavy atom. The van der Waals surface area contributed by atoms with Gasteiger partial charge in [0, 0.05) is 16.8 Å². The van der Waals surface area contributed by atoms with Crippen molar-refractivity contribution in [2.75, 3.05) is 10.2 Å². The van der Waals surface area contributed by atoms with Crippen molar-refractivity contribution in [3.63, 3.8) is 0 Å². The van der Waals surface area contributed by atoms with E-state index in [-0.39, 0.29) is 18.4 Å². The number of hydrogen-bond donors (Lipinski definition) is 3. The summed E-state index contributed by atoms with van der Waals surface area (Å²) in [7, 11) is 0. The molecule has 0 spiro atoms. The van der Waals surface area contributed by atoms with E-state index in [1.54, 1.807) is 0 Å². The van der Waals surface area contributed by atoms with Crippen LogP contribution in [0.15, 0.2) is 170 Å². The number of hydrogen-bond acceptors (Lipinski definition) is 4. The predicted molar refractivity (Wildman–Crippen MR) is 195 cm³/mol. The molecule has 4 heteroatoms. The number of para-hydroxylation sites is 1. The fourth-order valence-electron chi connectivity index (χ4n) is 7.24. The smallest absolute Gasteiger partial charge is 0.130 e. The summed E-state index contributed by atoms with van der Waals surface area (Å²) in [6, 6.07) is 58.8. The number of anilines is 3. The first-order chi connectivity index (χ1) is 23.3. The molecule has 4 nitrogen and oxygen atoms in total. The summed E-state index contributed by atoms with van der Waals surface area (Å²) in [6.45, 7) is 0. The minimum absolute atomic E-state index is 0.0116. The molecule has 0 amide bonds. The molecule has 3 N–H and O–H groups in total. The number of benzene rings is 7. The van der Waals surface area contributed by atoms with Crippen LogP contribution in [0, 0.1) is 0 Å². The highest BCUT2D eigenvalue weighted by Crippen LogP contribution is 2.50. The van der Waals surface area contributed by atoms with E-state index in [1.165, 1.54) is 60.9 Å². The Bertz CT molecular complexity index is 2230. The molecular weight excluding hydrogens is 573 g/mol. The normalized spacial score (nSPS) is 18.8. The molecule has 2 heterocycles. The average Bonchev–Trinajstić information content (AvgIpc) is 3.56. The topological polar surface area (TPSA) is 39.3 Å². The zero-order valence-electron chi connectivity index (χ0n) is 25.8. The molecule has 3 atom stereocenters. The lowest BCUT2D eigenvalue weighted by Gasteiger charge is -2.33. The van der Waals surface area contributed by atoms with Crippen LogP contribution in [0.1, 0.15) is 40.6 Å². The molecule has 2 aliphatic rings. The van der Waals surface area contributed by atoms with Crippen LogP contribution in [0.4, 0.5) is 17.1 Å². The van der Waals surface area contributed by atoms with Crippen LogP contribution in [0.25, 0.3) is 27.2 Å². The van der Waals surface area contributed by atoms with Gasteiger partial charge in [-0.3, -0.25) is 5.32 Å². The lowest BCUT2D eigenvalue weighted by atomic mass is 9.95. The molecule has 7 aromatic rings. The van der Waals surface area contributed by atoms with Crippen molar-refractivity contribution >= 4 is 44.3 Å². The molecule has 0 radical (unpaired) electrons. The van der Waals surface area contributed by atoms with Gasteiger partial charge in [0.05, 0.1) is 17.4 Å². The van der Waals surface area contributed by atoms with E-state index in [1.807, 2.05) is 0 Å². The van der Waals surface area contributed by atoms with Crippen LogP contribution >= 0.6 is 0 Å². The Morgan fingerprint density at radius 1 is 0.511 bits per heavy atom. The fourth-order valence-corrected chi connectivity index (χ4v) is 7.24. The first-order valence-electron chi connectivity index (χ1n) is 16.3. The maximum atomic E-state index is 3.95. The van der Waals surface area contributed by atoms with E-state index in [0.29, 0.717) is 0 Å². The maximum Gasteiger partial charge on any atom is 0.130 e. The molecule has 7 aromatic carbocycles. The van der Waals surface area contributed by atoms with Gasteiger partial charge in [0.25, 0.3) is 0 Å². The first kappa shape index (κ1) is 27.5. The third-order valence-electron chi connectivity index (χ3n) is 9.51. The van der Waals surface area contributed by atoms with Gasteiger partial charge in [0.1, 0.15) is 12.3 Å². The Hall–Kier alpha value is -5.84. The lowest BCUT2D eigenvalue weighted by molar-refractivity contribution is 0.443. The Labute approximate surface area is 275 Å². The second-order valence-electron chi connectivity index (χ2n) is 12.3. The van der Waals surface area contributed by atoms with Crippen molar-refractivity contribution in [3.8, 4) is 0 Å². The van der Waals surface area contributed by atoms with E-state index < -0.39 is 0 Å². The number of nitrogens with one attached hydrogen (secondary N) is 3. The quantitative estimate of drug-likeness (QED) is 0.171. The molecule has 47 heavy (non-hydrogen) atoms. The minimum Gasteiger partial charge on any atom is -0.366 e. The van der Waals surface area contributed by atoms with Gasteiger partial charge in [0.15, 0.2) is 0 Å². The van der Waals surface area contributed by atoms with E-state index in [0.717, 1.165) is 5.70 Å². The van der Waals surface area contributed by atoms with Gasteiger partial charge in [-0.1, -0.05) is 140 Å². The van der Waals surface area contributed by atoms with Crippen LogP contribution < -0.4 is 20.9 Å². The van der Waals surface area contributed by atoms with Crippen molar-refractivity contribution in [2.45, 2.75) is 18.4 Å². The summed E-state index contributed by atoms with van der Waals surface area (Å²) in [5.74, 6) is 0. The van der Waals surface area contributed by atoms with Crippen LogP contribution in [-0.2, 0) is 0 Å². The summed E-state index contributed by atoms with van der Waals surface area (Å²) in [4.78, 5) is 2.42. The van der Waals surface area contributed by atoms with Gasteiger partial charge in [0.2, 0.25) is 0 Å². The van der Waals surface area contributed by atoms with Crippen molar-refractivity contribution in [1.29, 1.82) is 0 Å². The van der Waals surface area contributed by atoms with Gasteiger partial charge < -0.3 is 15.5 Å². The zero-order chi connectivity index (χ0) is 31.2. The van der Waals surface area contributed by atoms with Crippen LogP contribution in [-0.4, -0.2) is 0 Å². The third kappa shape index (κ3) is 4.91. The molecule has 0 saturated carbocycles. The van der Waals surface area contributed by atoms with Crippen molar-refractivity contribution in [1.82, 2.24) is 10.6 Å². The van der Waals surface area contributed by atoms with Crippen LogP contribution in [0.3, 0.4) is 0 Å². The van der Waals surface area contributed by atoms with Gasteiger partial charge in [-0.15, -0.1) is 0 Å². The summed E-state index contributed by atoms with van der Waals surface area (Å²) in [5.41, 5.74) is 9.52. The molecular formula is C43H34N4. The minimum atomic E-state index is -0.0591. The van der Waals surface area contributed by atoms with E-state index in [4.69, 9.17) is 0 Å². The fraction of sp³-hybridized carbons (Fsp3) is 0.0698. The highest BCUT2D eigenvalue weighted by molar-refractivity contribution is 6.17. The zero-order valence-corrected chi connectivity index (χ0v) is 25.8. The van der Waals surface area contributed by atoms with E-state index in [9.17, 15) is 0 Å². The molecule has 226 valence electrons. The van der Waals surface area contributed by atoms with Gasteiger partial charge in [-0.05, 0) is 68.8 Å². The van der Waals surface area contributed by atoms with Crippen LogP contribution in [0.2, 0.25) is 0 Å². The SMILES string of the molecule is C1=C(c2ccccc2)NC(c2ccc3c(ccc4ccc5c(c43)NC(c3ccccc3)N5c3ccccc3)c2)NC1c1ccccc1. The molecule has 0 fully saturated rings. The molecule has 0 aliphatic carbocycles. The highest BCUT2D eigenvalue weighted by Gasteiger charge is 2.33. The van der Waals surface area contributed by atoms with Crippen molar-refractivity contribution < 1.29 is 0 Å². The van der Waals surface area contributed by atoms with Gasteiger partial charge >= 0.3 is 0 Å². The highest BCUT2D eigenvalue weighted by atomic mass is 15.3. The monoisotopic (exact) mass is 606 g/mol. The molecule has 0 bridgehead atoms. The molecule has 9 rings (SSSR count). The molecule has 2 aliphatic heterocycles. The van der Waals surface area contributed by atoms with E-state index >= 15 is 0 Å². The van der Waals surface area contributed by atoms with Crippen LogP contribution in [0.5, 0.6) is 0 Å². The Balaban J connectivity index is 1.14. The Kier molecular flexibility index (Phi) is 6.72. The van der Waals surface area contributed by atoms with Gasteiger partial charge in [-0.2, -0.15) is 0 Å². The average molecular weight is 607 g/mol. The third-order valence-corrected chi connectivity index (χ3v) is 9.51. The summed E-state index contributed by atoms with van der Waals surface area (Å²) >= 11 is 0. The molecule has 3 unspecified atom stereocenters. The number of rotatable bonds is 5. The molecule has 0 saturated heterocycles. The standard InChI is InChI=1S/C43H34N4/c1-5-13-29(14-6-1)37-28-38(30-15-7-2-8-16-30)45-42(44-37)34-23-25-36-33(27-34)22-21-31-24-26-39-41(40(31)36)46-43(32-17-9-3-10-18-32)47(39)35-19-11-4-12-20-35/h1-28,37,42-46H. The number of nitrogens with zero attached hydrogens (tertiary/aromatic N) is 1. The number of fused-ring (bicyclic) bond motifs is 5.